The number of aromatic amines is 1. The molecule has 1 saturated heterocycles. The Morgan fingerprint density at radius 1 is 1.03 bits per heavy atom. The average Bonchev–Trinajstić information content (AvgIpc) is 3.12. The van der Waals surface area contributed by atoms with Gasteiger partial charge in [-0.05, 0) is 0 Å². The average molecular weight is 605 g/mol. The number of aromatic nitrogens is 4. The Morgan fingerprint density at radius 2 is 1.57 bits per heavy atom. The van der Waals surface area contributed by atoms with E-state index >= 15 is 0 Å². The van der Waals surface area contributed by atoms with E-state index < -0.39 is 57.2 Å². The van der Waals surface area contributed by atoms with E-state index in [2.05, 4.69) is 20.3 Å². The number of ether oxygens (including phenoxy) is 4. The van der Waals surface area contributed by atoms with Crippen LogP contribution >= 0.6 is 46.4 Å². The minimum atomic E-state index is -1.61. The second-order valence-electron chi connectivity index (χ2n) is 7.37. The fourth-order valence-electron chi connectivity index (χ4n) is 3.30. The molecular formula is C19H21Cl4N5O9. The normalized spacial score (nSPS) is 21.3. The Balaban J connectivity index is 0.000000877. The van der Waals surface area contributed by atoms with E-state index in [4.69, 9.17) is 65.4 Å². The number of nitrogens with one attached hydrogen (secondary N) is 2. The van der Waals surface area contributed by atoms with Gasteiger partial charge in [0.1, 0.15) is 0 Å². The molecule has 2 aromatic heterocycles. The highest BCUT2D eigenvalue weighted by Gasteiger charge is 2.48. The number of alkyl halides is 4. The minimum Gasteiger partial charge on any atom is -0.456 e. The van der Waals surface area contributed by atoms with Crippen LogP contribution in [-0.2, 0) is 38.1 Å². The summed E-state index contributed by atoms with van der Waals surface area (Å²) in [6.45, 7) is 4.47. The lowest BCUT2D eigenvalue weighted by atomic mass is 10.0. The number of imidazole rings is 1. The van der Waals surface area contributed by atoms with Crippen LogP contribution in [0.1, 0.15) is 33.9 Å². The van der Waals surface area contributed by atoms with Gasteiger partial charge in [0.25, 0.3) is 8.81 Å². The maximum Gasteiger partial charge on any atom is 0.303 e. The fourth-order valence-corrected chi connectivity index (χ4v) is 3.30. The molecule has 4 atom stereocenters. The summed E-state index contributed by atoms with van der Waals surface area (Å²) in [5.41, 5.74) is -0.700. The number of esters is 3. The number of nitrogens with zero attached hydrogens (tertiary/aromatic N) is 3. The highest BCUT2D eigenvalue weighted by molar-refractivity contribution is 6.83. The molecule has 1 aliphatic heterocycles. The maximum absolute atomic E-state index is 12.3. The molecule has 0 saturated carbocycles. The third kappa shape index (κ3) is 9.31. The predicted octanol–water partition coefficient (Wildman–Crippen LogP) is 1.95. The van der Waals surface area contributed by atoms with E-state index in [-0.39, 0.29) is 23.7 Å². The summed E-state index contributed by atoms with van der Waals surface area (Å²) < 4.78 is 21.3. The van der Waals surface area contributed by atoms with Crippen molar-refractivity contribution in [1.29, 1.82) is 0 Å². The lowest BCUT2D eigenvalue weighted by Gasteiger charge is -2.40. The molecule has 0 spiro atoms. The SMILES string of the molecule is CC(=O)Nc1nc2c(ncn2C2OCC(OC(C)=O)C(OC(C)=O)C2OC(C)=O)c(=O)[nH]1.ClC(Cl)(Cl)Cl. The number of amides is 1. The lowest BCUT2D eigenvalue weighted by Crippen LogP contribution is -2.55. The lowest BCUT2D eigenvalue weighted by molar-refractivity contribution is -0.239. The number of fused-ring (bicyclic) bond motifs is 1. The van der Waals surface area contributed by atoms with Gasteiger partial charge in [0.15, 0.2) is 35.7 Å². The first-order chi connectivity index (χ1) is 17.1. The van der Waals surface area contributed by atoms with Gasteiger partial charge in [-0.3, -0.25) is 38.8 Å². The molecule has 0 aromatic carbocycles. The summed E-state index contributed by atoms with van der Waals surface area (Å²) in [5, 5.41) is 2.36. The second-order valence-corrected chi connectivity index (χ2v) is 10.8. The molecule has 0 bridgehead atoms. The molecule has 3 heterocycles. The van der Waals surface area contributed by atoms with Gasteiger partial charge in [-0.15, -0.1) is 0 Å². The zero-order chi connectivity index (χ0) is 28.1. The first-order valence-corrected chi connectivity index (χ1v) is 11.7. The quantitative estimate of drug-likeness (QED) is 0.289. The molecule has 1 amide bonds. The molecular weight excluding hydrogens is 584 g/mol. The summed E-state index contributed by atoms with van der Waals surface area (Å²) in [4.78, 5) is 69.3. The molecule has 14 nitrogen and oxygen atoms in total. The molecule has 2 aromatic rings. The van der Waals surface area contributed by atoms with Crippen molar-refractivity contribution < 1.29 is 38.1 Å². The molecule has 2 N–H and O–H groups in total. The Bertz CT molecular complexity index is 1220. The number of anilines is 1. The van der Waals surface area contributed by atoms with Crippen molar-refractivity contribution >= 4 is 87.3 Å². The summed E-state index contributed by atoms with van der Waals surface area (Å²) >= 11 is 19.3. The number of hydrogen-bond donors (Lipinski definition) is 2. The van der Waals surface area contributed by atoms with Crippen molar-refractivity contribution in [2.45, 2.75) is 55.5 Å². The standard InChI is InChI=1S/C18H21N5O9.CCl4/c1-7(24)20-18-21-15-12(16(28)22-18)19-6-23(15)17-14(32-10(4)27)13(31-9(3)26)11(5-29-17)30-8(2)25;2-1(3,4)5/h6,11,13-14,17H,5H2,1-4H3,(H2,20,21,22,24,28);. The van der Waals surface area contributed by atoms with E-state index in [1.165, 1.54) is 24.7 Å². The van der Waals surface area contributed by atoms with Crippen LogP contribution < -0.4 is 10.9 Å². The summed E-state index contributed by atoms with van der Waals surface area (Å²) in [7, 11) is 0. The van der Waals surface area contributed by atoms with Crippen LogP contribution in [-0.4, -0.2) is 71.5 Å². The van der Waals surface area contributed by atoms with Crippen LogP contribution in [0.3, 0.4) is 0 Å². The number of halogens is 4. The molecule has 0 radical (unpaired) electrons. The smallest absolute Gasteiger partial charge is 0.303 e. The van der Waals surface area contributed by atoms with Gasteiger partial charge in [-0.2, -0.15) is 4.98 Å². The van der Waals surface area contributed by atoms with Crippen LogP contribution in [0, 0.1) is 0 Å². The first kappa shape index (κ1) is 30.6. The molecule has 1 fully saturated rings. The molecule has 18 heteroatoms. The number of carbonyl (C=O) groups excluding carboxylic acids is 4. The van der Waals surface area contributed by atoms with Crippen LogP contribution in [0.15, 0.2) is 11.1 Å². The van der Waals surface area contributed by atoms with Crippen molar-refractivity contribution in [2.24, 2.45) is 0 Å². The largest absolute Gasteiger partial charge is 0.456 e. The Morgan fingerprint density at radius 3 is 2.08 bits per heavy atom. The third-order valence-electron chi connectivity index (χ3n) is 4.32. The summed E-state index contributed by atoms with van der Waals surface area (Å²) in [5.74, 6) is -2.69. The number of rotatable bonds is 5. The molecule has 3 rings (SSSR count). The van der Waals surface area contributed by atoms with Crippen LogP contribution in [0.25, 0.3) is 11.2 Å². The maximum atomic E-state index is 12.3. The van der Waals surface area contributed by atoms with Gasteiger partial charge in [-0.25, -0.2) is 4.98 Å². The van der Waals surface area contributed by atoms with E-state index in [9.17, 15) is 24.0 Å². The zero-order valence-electron chi connectivity index (χ0n) is 19.6. The van der Waals surface area contributed by atoms with E-state index in [1.807, 2.05) is 0 Å². The van der Waals surface area contributed by atoms with E-state index in [1.54, 1.807) is 0 Å². The fraction of sp³-hybridized carbons (Fsp3) is 0.526. The van der Waals surface area contributed by atoms with Crippen molar-refractivity contribution in [3.63, 3.8) is 0 Å². The topological polar surface area (TPSA) is 181 Å². The van der Waals surface area contributed by atoms with Gasteiger partial charge in [0.2, 0.25) is 11.9 Å². The predicted molar refractivity (Wildman–Crippen MR) is 130 cm³/mol. The highest BCUT2D eigenvalue weighted by atomic mass is 35.6. The van der Waals surface area contributed by atoms with Gasteiger partial charge < -0.3 is 18.9 Å². The summed E-state index contributed by atoms with van der Waals surface area (Å²) in [6.07, 6.45) is -3.48. The zero-order valence-corrected chi connectivity index (χ0v) is 22.6. The van der Waals surface area contributed by atoms with Crippen molar-refractivity contribution in [3.8, 4) is 0 Å². The monoisotopic (exact) mass is 603 g/mol. The van der Waals surface area contributed by atoms with Crippen molar-refractivity contribution in [3.05, 3.63) is 16.7 Å². The highest BCUT2D eigenvalue weighted by Crippen LogP contribution is 2.32. The van der Waals surface area contributed by atoms with Crippen LogP contribution in [0.4, 0.5) is 5.95 Å². The Hall–Kier alpha value is -2.65. The number of carbonyl (C=O) groups is 4. The minimum absolute atomic E-state index is 0.00663. The van der Waals surface area contributed by atoms with Gasteiger partial charge in [-0.1, -0.05) is 46.4 Å². The van der Waals surface area contributed by atoms with Crippen LogP contribution in [0.2, 0.25) is 0 Å². The first-order valence-electron chi connectivity index (χ1n) is 10.2. The molecule has 204 valence electrons. The Labute approximate surface area is 228 Å². The van der Waals surface area contributed by atoms with Crippen molar-refractivity contribution in [1.82, 2.24) is 19.5 Å². The summed E-state index contributed by atoms with van der Waals surface area (Å²) in [6, 6.07) is 0. The van der Waals surface area contributed by atoms with E-state index in [0.717, 1.165) is 13.8 Å². The van der Waals surface area contributed by atoms with Crippen molar-refractivity contribution in [2.75, 3.05) is 11.9 Å². The van der Waals surface area contributed by atoms with Gasteiger partial charge in [0, 0.05) is 27.7 Å². The van der Waals surface area contributed by atoms with Gasteiger partial charge in [0.05, 0.1) is 12.9 Å². The molecule has 0 aliphatic carbocycles. The third-order valence-corrected chi connectivity index (χ3v) is 4.32. The molecule has 1 aliphatic rings. The second kappa shape index (κ2) is 12.7. The van der Waals surface area contributed by atoms with E-state index in [0.29, 0.717) is 0 Å². The number of H-pyrrole nitrogens is 1. The van der Waals surface area contributed by atoms with Crippen LogP contribution in [0.5, 0.6) is 0 Å². The Kier molecular flexibility index (Phi) is 10.5. The molecule has 4 unspecified atom stereocenters. The van der Waals surface area contributed by atoms with Gasteiger partial charge >= 0.3 is 17.9 Å². The number of hydrogen-bond acceptors (Lipinski definition) is 11. The molecule has 37 heavy (non-hydrogen) atoms.